The lowest BCUT2D eigenvalue weighted by Crippen LogP contribution is -2.38. The summed E-state index contributed by atoms with van der Waals surface area (Å²) in [6, 6.07) is -0.118. The molecule has 4 rings (SSSR count). The zero-order valence-electron chi connectivity index (χ0n) is 14.2. The first-order chi connectivity index (χ1) is 11.6. The second-order valence-corrected chi connectivity index (χ2v) is 6.92. The number of aromatic nitrogens is 4. The molecule has 2 fully saturated rings. The highest BCUT2D eigenvalue weighted by atomic mass is 16.4. The fraction of sp³-hybridized carbons (Fsp3) is 0.647. The van der Waals surface area contributed by atoms with E-state index in [2.05, 4.69) is 15.3 Å². The number of amides is 1. The number of piperidine rings is 1. The molecule has 0 bridgehead atoms. The Morgan fingerprint density at radius 1 is 1.17 bits per heavy atom. The SMILES string of the molecule is Cc1nn(C)cc1C(=O)N1CCCCC1c1nnc(C2CCC2)o1. The van der Waals surface area contributed by atoms with Crippen LogP contribution in [0.3, 0.4) is 0 Å². The van der Waals surface area contributed by atoms with E-state index in [0.29, 0.717) is 17.4 Å². The van der Waals surface area contributed by atoms with Gasteiger partial charge in [0.15, 0.2) is 0 Å². The van der Waals surface area contributed by atoms with Crippen LogP contribution in [0.2, 0.25) is 0 Å². The lowest BCUT2D eigenvalue weighted by atomic mass is 9.85. The van der Waals surface area contributed by atoms with Gasteiger partial charge in [-0.1, -0.05) is 6.42 Å². The Balaban J connectivity index is 1.59. The van der Waals surface area contributed by atoms with Crippen LogP contribution >= 0.6 is 0 Å². The second kappa shape index (κ2) is 6.03. The van der Waals surface area contributed by atoms with Crippen molar-refractivity contribution in [3.8, 4) is 0 Å². The van der Waals surface area contributed by atoms with Crippen molar-refractivity contribution < 1.29 is 9.21 Å². The number of hydrogen-bond acceptors (Lipinski definition) is 5. The molecule has 0 N–H and O–H groups in total. The van der Waals surface area contributed by atoms with Gasteiger partial charge in [0.05, 0.1) is 11.3 Å². The standard InChI is InChI=1S/C17H23N5O2/c1-11-13(10-21(2)20-11)17(23)22-9-4-3-8-14(22)16-19-18-15(24-16)12-6-5-7-12/h10,12,14H,3-9H2,1-2H3. The van der Waals surface area contributed by atoms with Gasteiger partial charge in [-0.05, 0) is 39.0 Å². The molecule has 1 aliphatic heterocycles. The first-order valence-electron chi connectivity index (χ1n) is 8.78. The molecule has 2 aromatic heterocycles. The maximum absolute atomic E-state index is 13.0. The summed E-state index contributed by atoms with van der Waals surface area (Å²) in [4.78, 5) is 14.9. The summed E-state index contributed by atoms with van der Waals surface area (Å²) in [7, 11) is 1.83. The Morgan fingerprint density at radius 3 is 2.62 bits per heavy atom. The fourth-order valence-corrected chi connectivity index (χ4v) is 3.60. The van der Waals surface area contributed by atoms with E-state index >= 15 is 0 Å². The molecule has 0 aromatic carbocycles. The van der Waals surface area contributed by atoms with Gasteiger partial charge in [0.1, 0.15) is 6.04 Å². The van der Waals surface area contributed by atoms with Gasteiger partial charge >= 0.3 is 0 Å². The van der Waals surface area contributed by atoms with Crippen LogP contribution in [-0.4, -0.2) is 37.3 Å². The summed E-state index contributed by atoms with van der Waals surface area (Å²) in [6.07, 6.45) is 8.23. The molecule has 1 unspecified atom stereocenters. The van der Waals surface area contributed by atoms with Crippen molar-refractivity contribution >= 4 is 5.91 Å². The van der Waals surface area contributed by atoms with Gasteiger partial charge in [-0.15, -0.1) is 10.2 Å². The number of hydrogen-bond donors (Lipinski definition) is 0. The van der Waals surface area contributed by atoms with Crippen LogP contribution in [0.4, 0.5) is 0 Å². The molecule has 2 aliphatic rings. The predicted octanol–water partition coefficient (Wildman–Crippen LogP) is 2.75. The Morgan fingerprint density at radius 2 is 1.96 bits per heavy atom. The highest BCUT2D eigenvalue weighted by Crippen LogP contribution is 2.38. The highest BCUT2D eigenvalue weighted by Gasteiger charge is 2.35. The lowest BCUT2D eigenvalue weighted by Gasteiger charge is -2.33. The van der Waals surface area contributed by atoms with Gasteiger partial charge in [0, 0.05) is 25.7 Å². The average Bonchev–Trinajstić information content (AvgIpc) is 3.12. The molecule has 1 saturated heterocycles. The van der Waals surface area contributed by atoms with Crippen molar-refractivity contribution in [2.75, 3.05) is 6.54 Å². The van der Waals surface area contributed by atoms with Crippen molar-refractivity contribution in [1.82, 2.24) is 24.9 Å². The largest absolute Gasteiger partial charge is 0.423 e. The van der Waals surface area contributed by atoms with E-state index in [0.717, 1.165) is 50.2 Å². The van der Waals surface area contributed by atoms with Gasteiger partial charge < -0.3 is 9.32 Å². The zero-order chi connectivity index (χ0) is 16.7. The number of carbonyl (C=O) groups is 1. The molecule has 1 aliphatic carbocycles. The minimum Gasteiger partial charge on any atom is -0.423 e. The molecule has 24 heavy (non-hydrogen) atoms. The normalized spacial score (nSPS) is 21.8. The van der Waals surface area contributed by atoms with Gasteiger partial charge in [-0.3, -0.25) is 9.48 Å². The highest BCUT2D eigenvalue weighted by molar-refractivity contribution is 5.95. The minimum atomic E-state index is -0.118. The van der Waals surface area contributed by atoms with Crippen LogP contribution < -0.4 is 0 Å². The molecule has 0 radical (unpaired) electrons. The van der Waals surface area contributed by atoms with E-state index in [1.165, 1.54) is 6.42 Å². The van der Waals surface area contributed by atoms with E-state index in [-0.39, 0.29) is 11.9 Å². The van der Waals surface area contributed by atoms with E-state index in [1.54, 1.807) is 10.9 Å². The van der Waals surface area contributed by atoms with Gasteiger partial charge in [0.25, 0.3) is 5.91 Å². The van der Waals surface area contributed by atoms with Gasteiger partial charge in [0.2, 0.25) is 11.8 Å². The maximum atomic E-state index is 13.0. The Hall–Kier alpha value is -2.18. The molecular formula is C17H23N5O2. The Kier molecular flexibility index (Phi) is 3.86. The van der Waals surface area contributed by atoms with E-state index in [4.69, 9.17) is 4.42 Å². The molecular weight excluding hydrogens is 306 g/mol. The second-order valence-electron chi connectivity index (χ2n) is 6.92. The zero-order valence-corrected chi connectivity index (χ0v) is 14.2. The summed E-state index contributed by atoms with van der Waals surface area (Å²) >= 11 is 0. The third-order valence-corrected chi connectivity index (χ3v) is 5.20. The van der Waals surface area contributed by atoms with Crippen LogP contribution in [0.25, 0.3) is 0 Å². The summed E-state index contributed by atoms with van der Waals surface area (Å²) in [5.41, 5.74) is 1.41. The van der Waals surface area contributed by atoms with Crippen molar-refractivity contribution in [3.05, 3.63) is 29.2 Å². The van der Waals surface area contributed by atoms with Gasteiger partial charge in [-0.25, -0.2) is 0 Å². The summed E-state index contributed by atoms with van der Waals surface area (Å²) in [5.74, 6) is 1.76. The van der Waals surface area contributed by atoms with E-state index < -0.39 is 0 Å². The fourth-order valence-electron chi connectivity index (χ4n) is 3.60. The minimum absolute atomic E-state index is 0.00805. The third kappa shape index (κ3) is 2.61. The van der Waals surface area contributed by atoms with Crippen LogP contribution in [0.5, 0.6) is 0 Å². The molecule has 7 nitrogen and oxygen atoms in total. The average molecular weight is 329 g/mol. The maximum Gasteiger partial charge on any atom is 0.258 e. The van der Waals surface area contributed by atoms with E-state index in [1.807, 2.05) is 18.9 Å². The summed E-state index contributed by atoms with van der Waals surface area (Å²) in [5, 5.41) is 12.8. The van der Waals surface area contributed by atoms with Gasteiger partial charge in [-0.2, -0.15) is 5.10 Å². The Labute approximate surface area is 141 Å². The lowest BCUT2D eigenvalue weighted by molar-refractivity contribution is 0.0567. The number of rotatable bonds is 3. The number of carbonyl (C=O) groups excluding carboxylic acids is 1. The summed E-state index contributed by atoms with van der Waals surface area (Å²) in [6.45, 7) is 2.59. The molecule has 1 atom stereocenters. The smallest absolute Gasteiger partial charge is 0.258 e. The Bertz CT molecular complexity index is 746. The third-order valence-electron chi connectivity index (χ3n) is 5.20. The predicted molar refractivity (Wildman–Crippen MR) is 86.5 cm³/mol. The van der Waals surface area contributed by atoms with Crippen molar-refractivity contribution in [1.29, 1.82) is 0 Å². The van der Waals surface area contributed by atoms with Crippen LogP contribution in [0.1, 0.15) is 78.3 Å². The van der Waals surface area contributed by atoms with Crippen molar-refractivity contribution in [2.45, 2.75) is 57.4 Å². The molecule has 2 aromatic rings. The van der Waals surface area contributed by atoms with Crippen molar-refractivity contribution in [2.24, 2.45) is 7.05 Å². The van der Waals surface area contributed by atoms with Crippen LogP contribution in [-0.2, 0) is 7.05 Å². The van der Waals surface area contributed by atoms with E-state index in [9.17, 15) is 4.79 Å². The molecule has 0 spiro atoms. The quantitative estimate of drug-likeness (QED) is 0.865. The summed E-state index contributed by atoms with van der Waals surface area (Å²) < 4.78 is 7.63. The monoisotopic (exact) mass is 329 g/mol. The molecule has 1 amide bonds. The van der Waals surface area contributed by atoms with Crippen molar-refractivity contribution in [3.63, 3.8) is 0 Å². The number of likely N-dealkylation sites (tertiary alicyclic amines) is 1. The molecule has 1 saturated carbocycles. The van der Waals surface area contributed by atoms with Crippen LogP contribution in [0.15, 0.2) is 10.6 Å². The molecule has 3 heterocycles. The number of nitrogens with zero attached hydrogens (tertiary/aromatic N) is 5. The molecule has 128 valence electrons. The topological polar surface area (TPSA) is 77.1 Å². The first kappa shape index (κ1) is 15.4. The molecule has 7 heteroatoms. The van der Waals surface area contributed by atoms with Crippen LogP contribution in [0, 0.1) is 6.92 Å². The number of aryl methyl sites for hydroxylation is 2. The first-order valence-corrected chi connectivity index (χ1v) is 8.78.